The summed E-state index contributed by atoms with van der Waals surface area (Å²) in [4.78, 5) is 71.5. The summed E-state index contributed by atoms with van der Waals surface area (Å²) in [6.45, 7) is -0.0480. The first kappa shape index (κ1) is 39.2. The summed E-state index contributed by atoms with van der Waals surface area (Å²) >= 11 is 0. The minimum Gasteiger partial charge on any atom is -0.493 e. The lowest BCUT2D eigenvalue weighted by Crippen LogP contribution is -2.54. The highest BCUT2D eigenvalue weighted by molar-refractivity contribution is 7.90. The second-order valence-corrected chi connectivity index (χ2v) is 15.7. The first-order valence-electron chi connectivity index (χ1n) is 18.4. The third-order valence-electron chi connectivity index (χ3n) is 10.2. The van der Waals surface area contributed by atoms with Crippen LogP contribution in [0.3, 0.4) is 0 Å². The zero-order chi connectivity index (χ0) is 41.6. The molecular weight excluding hydrogens is 798 g/mol. The topological polar surface area (TPSA) is 197 Å². The van der Waals surface area contributed by atoms with Crippen molar-refractivity contribution in [3.8, 4) is 22.6 Å². The Bertz CT molecular complexity index is 2670. The fraction of sp³-hybridized carbons (Fsp3) is 0.250. The van der Waals surface area contributed by atoms with E-state index in [-0.39, 0.29) is 66.7 Å². The molecule has 4 amide bonds. The standard InChI is InChI=1S/C40H33F3N6O9S/c41-23-12-13-48(20-23)59(55,56)47-31-9-8-30(42)34(35(31)43)36(51)29-19-45-37-27(29)16-22(18-44-37)21-2-4-24(5-3-21)57-14-1-15-58-25-6-7-26-28(17-25)40(54)49(39(26)53)32-10-11-33(50)46-38(32)52/h2-9,16-19,23,32,47H,1,10-15,20H2,(H,44,45)(H,46,50,52)/t23-,32?/m1/s1. The van der Waals surface area contributed by atoms with Crippen molar-refractivity contribution in [1.29, 1.82) is 0 Å². The molecule has 5 aromatic rings. The molecule has 2 fully saturated rings. The number of H-pyrrole nitrogens is 1. The second-order valence-electron chi connectivity index (χ2n) is 14.0. The molecule has 8 rings (SSSR count). The number of aromatic amines is 1. The number of rotatable bonds is 13. The maximum absolute atomic E-state index is 15.6. The maximum Gasteiger partial charge on any atom is 0.301 e. The van der Waals surface area contributed by atoms with Crippen LogP contribution < -0.4 is 19.5 Å². The number of aromatic nitrogens is 2. The monoisotopic (exact) mass is 830 g/mol. The highest BCUT2D eigenvalue weighted by Crippen LogP contribution is 2.32. The zero-order valence-corrected chi connectivity index (χ0v) is 31.6. The van der Waals surface area contributed by atoms with Gasteiger partial charge in [0, 0.05) is 54.8 Å². The Hall–Kier alpha value is -6.60. The van der Waals surface area contributed by atoms with Crippen LogP contribution in [0.1, 0.15) is 62.3 Å². The SMILES string of the molecule is O=C1CCC(N2C(=O)c3ccc(OCCCOc4ccc(-c5cnc6[nH]cc(C(=O)c7c(F)ccc(NS(=O)(=O)N8CC[C@@H](F)C8)c7F)c6c5)cc4)cc3C2=O)C(=O)N1. The van der Waals surface area contributed by atoms with Gasteiger partial charge in [0.2, 0.25) is 17.6 Å². The Labute approximate surface area is 333 Å². The number of ketones is 1. The smallest absolute Gasteiger partial charge is 0.301 e. The van der Waals surface area contributed by atoms with Gasteiger partial charge in [-0.1, -0.05) is 12.1 Å². The molecule has 0 bridgehead atoms. The first-order valence-corrected chi connectivity index (χ1v) is 19.9. The number of carbonyl (C=O) groups is 5. The molecule has 59 heavy (non-hydrogen) atoms. The number of fused-ring (bicyclic) bond motifs is 2. The molecule has 2 saturated heterocycles. The Balaban J connectivity index is 0.880. The largest absolute Gasteiger partial charge is 0.493 e. The Morgan fingerprint density at radius 1 is 0.898 bits per heavy atom. The van der Waals surface area contributed by atoms with Crippen molar-refractivity contribution in [3.63, 3.8) is 0 Å². The molecule has 3 aromatic carbocycles. The van der Waals surface area contributed by atoms with Crippen molar-refractivity contribution in [2.45, 2.75) is 37.9 Å². The summed E-state index contributed by atoms with van der Waals surface area (Å²) < 4.78 is 84.2. The molecular formula is C40H33F3N6O9S. The van der Waals surface area contributed by atoms with Gasteiger partial charge in [0.05, 0.1) is 35.6 Å². The number of anilines is 1. The number of amides is 4. The van der Waals surface area contributed by atoms with Crippen LogP contribution in [0.5, 0.6) is 11.5 Å². The number of alkyl halides is 1. The fourth-order valence-corrected chi connectivity index (χ4v) is 8.42. The van der Waals surface area contributed by atoms with Gasteiger partial charge in [-0.05, 0) is 66.9 Å². The summed E-state index contributed by atoms with van der Waals surface area (Å²) in [5, 5.41) is 2.42. The van der Waals surface area contributed by atoms with Crippen LogP contribution in [-0.2, 0) is 19.8 Å². The first-order chi connectivity index (χ1) is 28.3. The van der Waals surface area contributed by atoms with Crippen LogP contribution in [0.25, 0.3) is 22.2 Å². The van der Waals surface area contributed by atoms with E-state index in [2.05, 4.69) is 15.3 Å². The van der Waals surface area contributed by atoms with E-state index in [1.54, 1.807) is 42.6 Å². The quantitative estimate of drug-likeness (QED) is 0.0851. The number of nitrogens with one attached hydrogen (secondary N) is 3. The fourth-order valence-electron chi connectivity index (χ4n) is 7.16. The highest BCUT2D eigenvalue weighted by atomic mass is 32.2. The van der Waals surface area contributed by atoms with Gasteiger partial charge in [-0.2, -0.15) is 12.7 Å². The summed E-state index contributed by atoms with van der Waals surface area (Å²) in [5.74, 6) is -5.20. The van der Waals surface area contributed by atoms with E-state index in [0.29, 0.717) is 29.0 Å². The van der Waals surface area contributed by atoms with Gasteiger partial charge >= 0.3 is 10.2 Å². The molecule has 5 heterocycles. The van der Waals surface area contributed by atoms with E-state index in [4.69, 9.17) is 9.47 Å². The Morgan fingerprint density at radius 3 is 2.36 bits per heavy atom. The van der Waals surface area contributed by atoms with Crippen molar-refractivity contribution >= 4 is 56.3 Å². The number of benzene rings is 3. The molecule has 304 valence electrons. The molecule has 0 aliphatic carbocycles. The zero-order valence-electron chi connectivity index (χ0n) is 30.8. The minimum absolute atomic E-state index is 0.0171. The normalized spacial score (nSPS) is 18.3. The average Bonchev–Trinajstić information content (AvgIpc) is 3.92. The average molecular weight is 831 g/mol. The molecule has 3 aliphatic rings. The molecule has 15 nitrogen and oxygen atoms in total. The molecule has 0 saturated carbocycles. The van der Waals surface area contributed by atoms with Crippen LogP contribution in [0, 0.1) is 11.6 Å². The van der Waals surface area contributed by atoms with Crippen LogP contribution >= 0.6 is 0 Å². The third-order valence-corrected chi connectivity index (χ3v) is 11.7. The van der Waals surface area contributed by atoms with E-state index < -0.39 is 81.3 Å². The van der Waals surface area contributed by atoms with Crippen LogP contribution in [-0.4, -0.2) is 95.5 Å². The number of piperidine rings is 1. The number of hydrogen-bond donors (Lipinski definition) is 3. The van der Waals surface area contributed by atoms with Gasteiger partial charge in [-0.15, -0.1) is 0 Å². The summed E-state index contributed by atoms with van der Waals surface area (Å²) in [6.07, 6.45) is 1.95. The van der Waals surface area contributed by atoms with E-state index in [9.17, 15) is 36.8 Å². The number of nitrogens with zero attached hydrogens (tertiary/aromatic N) is 3. The molecule has 2 aromatic heterocycles. The maximum atomic E-state index is 15.6. The summed E-state index contributed by atoms with van der Waals surface area (Å²) in [7, 11) is -4.38. The number of carbonyl (C=O) groups excluding carboxylic acids is 5. The van der Waals surface area contributed by atoms with Crippen molar-refractivity contribution in [2.24, 2.45) is 0 Å². The van der Waals surface area contributed by atoms with Gasteiger partial charge in [-0.25, -0.2) is 18.2 Å². The predicted molar refractivity (Wildman–Crippen MR) is 204 cm³/mol. The van der Waals surface area contributed by atoms with Gasteiger partial charge in [-0.3, -0.25) is 38.9 Å². The number of imide groups is 2. The number of pyridine rings is 1. The van der Waals surface area contributed by atoms with Crippen molar-refractivity contribution < 1.29 is 55.0 Å². The molecule has 3 aliphatic heterocycles. The van der Waals surface area contributed by atoms with Crippen LogP contribution in [0.2, 0.25) is 0 Å². The van der Waals surface area contributed by atoms with Crippen molar-refractivity contribution in [2.75, 3.05) is 31.0 Å². The van der Waals surface area contributed by atoms with Gasteiger partial charge in [0.1, 0.15) is 35.2 Å². The summed E-state index contributed by atoms with van der Waals surface area (Å²) in [5.41, 5.74) is 0.0149. The molecule has 3 N–H and O–H groups in total. The lowest BCUT2D eigenvalue weighted by molar-refractivity contribution is -0.136. The molecule has 2 atom stereocenters. The lowest BCUT2D eigenvalue weighted by Gasteiger charge is -2.27. The van der Waals surface area contributed by atoms with E-state index >= 15 is 8.78 Å². The molecule has 0 spiro atoms. The third kappa shape index (κ3) is 7.61. The van der Waals surface area contributed by atoms with Gasteiger partial charge in [0.15, 0.2) is 5.82 Å². The van der Waals surface area contributed by atoms with Crippen LogP contribution in [0.4, 0.5) is 18.9 Å². The molecule has 1 unspecified atom stereocenters. The van der Waals surface area contributed by atoms with Gasteiger partial charge < -0.3 is 14.5 Å². The lowest BCUT2D eigenvalue weighted by atomic mass is 10.00. The predicted octanol–water partition coefficient (Wildman–Crippen LogP) is 4.69. The number of halogens is 3. The Kier molecular flexibility index (Phi) is 10.4. The highest BCUT2D eigenvalue weighted by Gasteiger charge is 2.44. The Morgan fingerprint density at radius 2 is 1.63 bits per heavy atom. The second kappa shape index (κ2) is 15.6. The number of hydrogen-bond acceptors (Lipinski definition) is 10. The van der Waals surface area contributed by atoms with Gasteiger partial charge in [0.25, 0.3) is 11.8 Å². The summed E-state index contributed by atoms with van der Waals surface area (Å²) in [6, 6.07) is 13.6. The minimum atomic E-state index is -4.38. The number of ether oxygens (including phenoxy) is 2. The molecule has 19 heteroatoms. The van der Waals surface area contributed by atoms with E-state index in [1.807, 2.05) is 4.72 Å². The molecule has 0 radical (unpaired) electrons. The van der Waals surface area contributed by atoms with Crippen molar-refractivity contribution in [1.82, 2.24) is 24.5 Å². The van der Waals surface area contributed by atoms with Crippen LogP contribution in [0.15, 0.2) is 73.1 Å². The van der Waals surface area contributed by atoms with E-state index in [0.717, 1.165) is 21.3 Å². The van der Waals surface area contributed by atoms with E-state index in [1.165, 1.54) is 18.3 Å². The van der Waals surface area contributed by atoms with Crippen molar-refractivity contribution in [3.05, 3.63) is 107 Å².